The molecule has 1 aliphatic rings. The quantitative estimate of drug-likeness (QED) is 0.494. The van der Waals surface area contributed by atoms with Crippen molar-refractivity contribution in [2.75, 3.05) is 11.1 Å². The molecular formula is C18H19BN6O. The normalized spacial score (nSPS) is 16.5. The van der Waals surface area contributed by atoms with Gasteiger partial charge in [0.25, 0.3) is 0 Å². The summed E-state index contributed by atoms with van der Waals surface area (Å²) in [5, 5.41) is 18.9. The number of hydrogen-bond acceptors (Lipinski definition) is 6. The zero-order valence-electron chi connectivity index (χ0n) is 14.7. The van der Waals surface area contributed by atoms with Gasteiger partial charge in [0.1, 0.15) is 13.7 Å². The van der Waals surface area contributed by atoms with E-state index >= 15 is 0 Å². The summed E-state index contributed by atoms with van der Waals surface area (Å²) in [6.07, 6.45) is 3.58. The number of aromatic nitrogens is 4. The molecule has 1 atom stereocenters. The first-order valence-electron chi connectivity index (χ1n) is 8.57. The number of allylic oxidation sites excluding steroid dienone is 2. The highest BCUT2D eigenvalue weighted by Crippen LogP contribution is 2.45. The molecule has 3 aromatic rings. The molecule has 4 rings (SSSR count). The molecule has 8 heteroatoms. The SMILES string of the molecule is [B]c1c(N)cccc1C1C(c2nnc(C)o2)=C(CCC)Nc2[nH]ncc21. The fraction of sp³-hybridized carbons (Fsp3) is 0.278. The number of nitrogens with one attached hydrogen (secondary N) is 2. The molecule has 130 valence electrons. The fourth-order valence-corrected chi connectivity index (χ4v) is 3.44. The lowest BCUT2D eigenvalue weighted by molar-refractivity contribution is 0.502. The highest BCUT2D eigenvalue weighted by Gasteiger charge is 2.35. The van der Waals surface area contributed by atoms with Gasteiger partial charge in [0, 0.05) is 35.4 Å². The molecule has 1 aliphatic heterocycles. The number of aryl methyl sites for hydroxylation is 1. The number of anilines is 2. The highest BCUT2D eigenvalue weighted by atomic mass is 16.4. The Labute approximate surface area is 152 Å². The summed E-state index contributed by atoms with van der Waals surface area (Å²) in [5.41, 5.74) is 11.0. The van der Waals surface area contributed by atoms with Crippen LogP contribution in [0.1, 0.15) is 48.6 Å². The third kappa shape index (κ3) is 2.58. The second-order valence-corrected chi connectivity index (χ2v) is 6.38. The van der Waals surface area contributed by atoms with Crippen molar-refractivity contribution in [3.63, 3.8) is 0 Å². The van der Waals surface area contributed by atoms with Gasteiger partial charge in [-0.3, -0.25) is 5.10 Å². The number of aromatic amines is 1. The van der Waals surface area contributed by atoms with E-state index in [1.807, 2.05) is 12.1 Å². The molecule has 0 amide bonds. The minimum absolute atomic E-state index is 0.199. The number of nitrogens with zero attached hydrogens (tertiary/aromatic N) is 3. The Morgan fingerprint density at radius 3 is 2.85 bits per heavy atom. The molecule has 26 heavy (non-hydrogen) atoms. The average molecular weight is 346 g/mol. The summed E-state index contributed by atoms with van der Waals surface area (Å²) >= 11 is 0. The van der Waals surface area contributed by atoms with Gasteiger partial charge in [-0.25, -0.2) is 0 Å². The summed E-state index contributed by atoms with van der Waals surface area (Å²) < 4.78 is 5.79. The zero-order valence-corrected chi connectivity index (χ0v) is 14.7. The Balaban J connectivity index is 1.99. The van der Waals surface area contributed by atoms with Gasteiger partial charge in [0.15, 0.2) is 0 Å². The maximum atomic E-state index is 6.34. The molecule has 0 saturated carbocycles. The van der Waals surface area contributed by atoms with Crippen molar-refractivity contribution >= 4 is 30.4 Å². The lowest BCUT2D eigenvalue weighted by Gasteiger charge is -2.29. The predicted molar refractivity (Wildman–Crippen MR) is 101 cm³/mol. The van der Waals surface area contributed by atoms with Gasteiger partial charge in [0.2, 0.25) is 11.8 Å². The Morgan fingerprint density at radius 1 is 1.27 bits per heavy atom. The van der Waals surface area contributed by atoms with Crippen LogP contribution < -0.4 is 16.5 Å². The maximum absolute atomic E-state index is 6.34. The molecule has 2 radical (unpaired) electrons. The van der Waals surface area contributed by atoms with Gasteiger partial charge < -0.3 is 15.5 Å². The van der Waals surface area contributed by atoms with Crippen molar-refractivity contribution in [2.24, 2.45) is 0 Å². The van der Waals surface area contributed by atoms with Crippen molar-refractivity contribution in [3.05, 3.63) is 53.0 Å². The van der Waals surface area contributed by atoms with Gasteiger partial charge in [-0.05, 0) is 18.1 Å². The van der Waals surface area contributed by atoms with Crippen LogP contribution in [0.3, 0.4) is 0 Å². The van der Waals surface area contributed by atoms with Gasteiger partial charge in [-0.15, -0.1) is 10.2 Å². The second kappa shape index (κ2) is 6.36. The highest BCUT2D eigenvalue weighted by molar-refractivity contribution is 6.37. The Morgan fingerprint density at radius 2 is 2.12 bits per heavy atom. The number of H-pyrrole nitrogens is 1. The van der Waals surface area contributed by atoms with Crippen LogP contribution in [0, 0.1) is 6.92 Å². The first kappa shape index (κ1) is 16.4. The molecular weight excluding hydrogens is 327 g/mol. The van der Waals surface area contributed by atoms with Crippen molar-refractivity contribution in [1.82, 2.24) is 20.4 Å². The zero-order chi connectivity index (χ0) is 18.3. The third-order valence-corrected chi connectivity index (χ3v) is 4.61. The summed E-state index contributed by atoms with van der Waals surface area (Å²) in [7, 11) is 6.34. The molecule has 7 nitrogen and oxygen atoms in total. The van der Waals surface area contributed by atoms with Crippen LogP contribution in [-0.2, 0) is 0 Å². The lowest BCUT2D eigenvalue weighted by Crippen LogP contribution is -2.24. The monoisotopic (exact) mass is 346 g/mol. The van der Waals surface area contributed by atoms with E-state index in [4.69, 9.17) is 18.0 Å². The number of hydrogen-bond donors (Lipinski definition) is 3. The van der Waals surface area contributed by atoms with Gasteiger partial charge in [-0.1, -0.05) is 30.9 Å². The number of benzene rings is 1. The fourth-order valence-electron chi connectivity index (χ4n) is 3.44. The Bertz CT molecular complexity index is 989. The molecule has 0 saturated heterocycles. The molecule has 0 spiro atoms. The van der Waals surface area contributed by atoms with E-state index in [0.29, 0.717) is 22.9 Å². The van der Waals surface area contributed by atoms with Crippen LogP contribution in [0.4, 0.5) is 11.5 Å². The Kier molecular flexibility index (Phi) is 4.03. The Hall–Kier alpha value is -3.03. The van der Waals surface area contributed by atoms with Crippen molar-refractivity contribution in [2.45, 2.75) is 32.6 Å². The summed E-state index contributed by atoms with van der Waals surface area (Å²) in [6, 6.07) is 5.67. The van der Waals surface area contributed by atoms with Crippen molar-refractivity contribution < 1.29 is 4.42 Å². The smallest absolute Gasteiger partial charge is 0.246 e. The van der Waals surface area contributed by atoms with Crippen molar-refractivity contribution in [1.29, 1.82) is 0 Å². The standard InChI is InChI=1S/C18H19BN6O/c1-3-5-13-15(18-25-23-9(2)26-18)14(11-8-21-24-17(11)22-13)10-6-4-7-12(20)16(10)19/h4,6-8,14H,3,5,20H2,1-2H3,(H2,21,22,24). The average Bonchev–Trinajstić information content (AvgIpc) is 3.25. The van der Waals surface area contributed by atoms with Crippen LogP contribution in [0.15, 0.2) is 34.5 Å². The first-order valence-corrected chi connectivity index (χ1v) is 8.57. The number of rotatable bonds is 4. The first-order chi connectivity index (χ1) is 12.6. The number of nitrogen functional groups attached to an aromatic ring is 1. The molecule has 2 aromatic heterocycles. The molecule has 4 N–H and O–H groups in total. The van der Waals surface area contributed by atoms with Crippen LogP contribution in [0.5, 0.6) is 0 Å². The number of fused-ring (bicyclic) bond motifs is 1. The largest absolute Gasteiger partial charge is 0.421 e. The molecule has 3 heterocycles. The van der Waals surface area contributed by atoms with Gasteiger partial charge >= 0.3 is 0 Å². The molecule has 0 bridgehead atoms. The van der Waals surface area contributed by atoms with E-state index < -0.39 is 0 Å². The van der Waals surface area contributed by atoms with Gasteiger partial charge in [-0.2, -0.15) is 5.10 Å². The maximum Gasteiger partial charge on any atom is 0.246 e. The van der Waals surface area contributed by atoms with E-state index in [-0.39, 0.29) is 5.92 Å². The van der Waals surface area contributed by atoms with E-state index in [0.717, 1.165) is 41.1 Å². The molecule has 0 fully saturated rings. The lowest BCUT2D eigenvalue weighted by atomic mass is 9.75. The summed E-state index contributed by atoms with van der Waals surface area (Å²) in [6.45, 7) is 3.90. The summed E-state index contributed by atoms with van der Waals surface area (Å²) in [4.78, 5) is 0. The van der Waals surface area contributed by atoms with Crippen molar-refractivity contribution in [3.8, 4) is 0 Å². The molecule has 1 unspecified atom stereocenters. The number of nitrogens with two attached hydrogens (primary N) is 1. The van der Waals surface area contributed by atoms with Crippen LogP contribution >= 0.6 is 0 Å². The van der Waals surface area contributed by atoms with E-state index in [9.17, 15) is 0 Å². The topological polar surface area (TPSA) is 106 Å². The second-order valence-electron chi connectivity index (χ2n) is 6.38. The minimum Gasteiger partial charge on any atom is -0.421 e. The van der Waals surface area contributed by atoms with E-state index in [2.05, 4.69) is 32.6 Å². The van der Waals surface area contributed by atoms with Crippen LogP contribution in [0.2, 0.25) is 0 Å². The third-order valence-electron chi connectivity index (χ3n) is 4.61. The van der Waals surface area contributed by atoms with Crippen LogP contribution in [0.25, 0.3) is 5.57 Å². The molecule has 0 aliphatic carbocycles. The van der Waals surface area contributed by atoms with Crippen LogP contribution in [-0.4, -0.2) is 28.2 Å². The predicted octanol–water partition coefficient (Wildman–Crippen LogP) is 2.25. The minimum atomic E-state index is -0.199. The van der Waals surface area contributed by atoms with Gasteiger partial charge in [0.05, 0.1) is 6.20 Å². The van der Waals surface area contributed by atoms with E-state index in [1.165, 1.54) is 0 Å². The summed E-state index contributed by atoms with van der Waals surface area (Å²) in [5.74, 6) is 1.65. The van der Waals surface area contributed by atoms with E-state index in [1.54, 1.807) is 19.2 Å². The molecule has 1 aromatic carbocycles.